The summed E-state index contributed by atoms with van der Waals surface area (Å²) in [4.78, 5) is 26.2. The molecule has 0 radical (unpaired) electrons. The minimum atomic E-state index is -0.330. The lowest BCUT2D eigenvalue weighted by molar-refractivity contribution is -0.123. The topological polar surface area (TPSA) is 73.5 Å². The number of rotatable bonds is 4. The van der Waals surface area contributed by atoms with Gasteiger partial charge in [-0.1, -0.05) is 0 Å². The molecule has 6 nitrogen and oxygen atoms in total. The molecular formula is C18H25FN4O2. The van der Waals surface area contributed by atoms with Crippen molar-refractivity contribution in [2.45, 2.75) is 31.7 Å². The first-order valence-electron chi connectivity index (χ1n) is 8.94. The molecule has 3 rings (SSSR count). The lowest BCUT2D eigenvalue weighted by atomic mass is 9.98. The first kappa shape index (κ1) is 17.7. The molecule has 2 fully saturated rings. The van der Waals surface area contributed by atoms with Crippen molar-refractivity contribution >= 4 is 17.6 Å². The molecule has 2 aliphatic heterocycles. The molecule has 1 aromatic carbocycles. The molecule has 2 unspecified atom stereocenters. The Morgan fingerprint density at radius 2 is 2.00 bits per heavy atom. The number of urea groups is 1. The summed E-state index contributed by atoms with van der Waals surface area (Å²) in [5.74, 6) is -0.00742. The highest BCUT2D eigenvalue weighted by atomic mass is 19.1. The number of nitrogens with zero attached hydrogens (tertiary/aromatic N) is 1. The number of benzene rings is 1. The van der Waals surface area contributed by atoms with Crippen molar-refractivity contribution < 1.29 is 14.0 Å². The molecule has 2 aliphatic rings. The fourth-order valence-corrected chi connectivity index (χ4v) is 3.43. The van der Waals surface area contributed by atoms with Crippen molar-refractivity contribution in [1.82, 2.24) is 15.5 Å². The van der Waals surface area contributed by atoms with Crippen LogP contribution in [0.25, 0.3) is 0 Å². The first-order valence-corrected chi connectivity index (χ1v) is 8.94. The van der Waals surface area contributed by atoms with Crippen LogP contribution in [0.3, 0.4) is 0 Å². The van der Waals surface area contributed by atoms with Crippen molar-refractivity contribution in [2.75, 3.05) is 31.5 Å². The highest BCUT2D eigenvalue weighted by Crippen LogP contribution is 2.18. The van der Waals surface area contributed by atoms with E-state index in [1.54, 1.807) is 17.0 Å². The maximum absolute atomic E-state index is 12.9. The van der Waals surface area contributed by atoms with Gasteiger partial charge in [0, 0.05) is 25.3 Å². The van der Waals surface area contributed by atoms with Gasteiger partial charge in [0.05, 0.1) is 6.04 Å². The standard InChI is InChI=1S/C18H25FN4O2/c19-14-5-7-15(8-6-14)22-18(25)23-10-2-3-13(12-23)11-21-17(24)16-4-1-9-20-16/h5-8,13,16,20H,1-4,9-12H2,(H,21,24)(H,22,25). The first-order chi connectivity index (χ1) is 12.1. The third-order valence-electron chi connectivity index (χ3n) is 4.84. The summed E-state index contributed by atoms with van der Waals surface area (Å²) in [6.45, 7) is 2.81. The zero-order valence-electron chi connectivity index (χ0n) is 14.3. The predicted molar refractivity (Wildman–Crippen MR) is 93.8 cm³/mol. The van der Waals surface area contributed by atoms with Crippen molar-refractivity contribution in [3.8, 4) is 0 Å². The summed E-state index contributed by atoms with van der Waals surface area (Å²) in [5.41, 5.74) is 0.578. The van der Waals surface area contributed by atoms with E-state index in [4.69, 9.17) is 0 Å². The van der Waals surface area contributed by atoms with Crippen LogP contribution in [0, 0.1) is 11.7 Å². The summed E-state index contributed by atoms with van der Waals surface area (Å²) >= 11 is 0. The van der Waals surface area contributed by atoms with Crippen LogP contribution in [0.15, 0.2) is 24.3 Å². The highest BCUT2D eigenvalue weighted by molar-refractivity contribution is 5.89. The van der Waals surface area contributed by atoms with Gasteiger partial charge >= 0.3 is 6.03 Å². The van der Waals surface area contributed by atoms with Gasteiger partial charge in [-0.15, -0.1) is 0 Å². The van der Waals surface area contributed by atoms with Gasteiger partial charge in [-0.2, -0.15) is 0 Å². The highest BCUT2D eigenvalue weighted by Gasteiger charge is 2.26. The van der Waals surface area contributed by atoms with Crippen LogP contribution in [0.5, 0.6) is 0 Å². The van der Waals surface area contributed by atoms with E-state index in [0.29, 0.717) is 25.3 Å². The summed E-state index contributed by atoms with van der Waals surface area (Å²) in [6, 6.07) is 5.48. The Kier molecular flexibility index (Phi) is 5.86. The summed E-state index contributed by atoms with van der Waals surface area (Å²) in [5, 5.41) is 8.99. The van der Waals surface area contributed by atoms with Crippen molar-refractivity contribution in [3.05, 3.63) is 30.1 Å². The molecule has 2 saturated heterocycles. The molecule has 1 aromatic rings. The Bertz CT molecular complexity index is 602. The molecule has 2 heterocycles. The Hall–Kier alpha value is -2.15. The Morgan fingerprint density at radius 3 is 2.72 bits per heavy atom. The van der Waals surface area contributed by atoms with E-state index >= 15 is 0 Å². The number of nitrogens with one attached hydrogen (secondary N) is 3. The van der Waals surface area contributed by atoms with E-state index in [9.17, 15) is 14.0 Å². The fraction of sp³-hybridized carbons (Fsp3) is 0.556. The van der Waals surface area contributed by atoms with Gasteiger partial charge in [0.2, 0.25) is 5.91 Å². The molecule has 2 atom stereocenters. The van der Waals surface area contributed by atoms with Crippen LogP contribution in [0.4, 0.5) is 14.9 Å². The lowest BCUT2D eigenvalue weighted by Gasteiger charge is -2.33. The van der Waals surface area contributed by atoms with E-state index in [-0.39, 0.29) is 29.7 Å². The Balaban J connectivity index is 1.46. The number of likely N-dealkylation sites (tertiary alicyclic amines) is 1. The van der Waals surface area contributed by atoms with Gasteiger partial charge in [0.15, 0.2) is 0 Å². The second-order valence-electron chi connectivity index (χ2n) is 6.79. The van der Waals surface area contributed by atoms with Gasteiger partial charge in [-0.25, -0.2) is 9.18 Å². The molecule has 25 heavy (non-hydrogen) atoms. The van der Waals surface area contributed by atoms with Crippen molar-refractivity contribution in [3.63, 3.8) is 0 Å². The smallest absolute Gasteiger partial charge is 0.321 e. The largest absolute Gasteiger partial charge is 0.354 e. The van der Waals surface area contributed by atoms with Gasteiger partial charge in [-0.05, 0) is 62.4 Å². The molecule has 3 N–H and O–H groups in total. The van der Waals surface area contributed by atoms with Crippen molar-refractivity contribution in [2.24, 2.45) is 5.92 Å². The molecule has 3 amide bonds. The van der Waals surface area contributed by atoms with E-state index in [1.165, 1.54) is 12.1 Å². The number of halogens is 1. The summed E-state index contributed by atoms with van der Waals surface area (Å²) < 4.78 is 12.9. The number of carbonyl (C=O) groups excluding carboxylic acids is 2. The van der Waals surface area contributed by atoms with Crippen LogP contribution in [0.1, 0.15) is 25.7 Å². The molecule has 0 spiro atoms. The van der Waals surface area contributed by atoms with Gasteiger partial charge in [0.1, 0.15) is 5.82 Å². The average molecular weight is 348 g/mol. The monoisotopic (exact) mass is 348 g/mol. The predicted octanol–water partition coefficient (Wildman–Crippen LogP) is 1.94. The average Bonchev–Trinajstić information content (AvgIpc) is 3.16. The maximum atomic E-state index is 12.9. The quantitative estimate of drug-likeness (QED) is 0.779. The van der Waals surface area contributed by atoms with Crippen molar-refractivity contribution in [1.29, 1.82) is 0 Å². The number of carbonyl (C=O) groups is 2. The normalized spacial score (nSPS) is 23.3. The molecular weight excluding hydrogens is 323 g/mol. The Morgan fingerprint density at radius 1 is 1.20 bits per heavy atom. The Labute approximate surface area is 147 Å². The van der Waals surface area contributed by atoms with Gasteiger partial charge in [0.25, 0.3) is 0 Å². The third kappa shape index (κ3) is 4.92. The summed E-state index contributed by atoms with van der Waals surface area (Å²) in [6.07, 6.45) is 3.85. The van der Waals surface area contributed by atoms with Crippen LogP contribution in [0.2, 0.25) is 0 Å². The molecule has 136 valence electrons. The van der Waals surface area contributed by atoms with E-state index < -0.39 is 0 Å². The zero-order valence-corrected chi connectivity index (χ0v) is 14.3. The number of piperidine rings is 1. The molecule has 0 aliphatic carbocycles. The van der Waals surface area contributed by atoms with E-state index in [1.807, 2.05) is 0 Å². The maximum Gasteiger partial charge on any atom is 0.321 e. The molecule has 0 aromatic heterocycles. The fourth-order valence-electron chi connectivity index (χ4n) is 3.43. The van der Waals surface area contributed by atoms with Crippen LogP contribution in [-0.4, -0.2) is 49.1 Å². The second kappa shape index (κ2) is 8.29. The molecule has 0 saturated carbocycles. The SMILES string of the molecule is O=C(NCC1CCCN(C(=O)Nc2ccc(F)cc2)C1)C1CCCN1. The van der Waals surface area contributed by atoms with E-state index in [0.717, 1.165) is 32.2 Å². The number of anilines is 1. The molecule has 7 heteroatoms. The molecule has 0 bridgehead atoms. The lowest BCUT2D eigenvalue weighted by Crippen LogP contribution is -2.47. The number of hydrogen-bond acceptors (Lipinski definition) is 3. The van der Waals surface area contributed by atoms with Crippen LogP contribution < -0.4 is 16.0 Å². The number of hydrogen-bond donors (Lipinski definition) is 3. The second-order valence-corrected chi connectivity index (χ2v) is 6.79. The van der Waals surface area contributed by atoms with Crippen LogP contribution in [-0.2, 0) is 4.79 Å². The van der Waals surface area contributed by atoms with E-state index in [2.05, 4.69) is 16.0 Å². The van der Waals surface area contributed by atoms with Gasteiger partial charge in [-0.3, -0.25) is 4.79 Å². The summed E-state index contributed by atoms with van der Waals surface area (Å²) in [7, 11) is 0. The zero-order chi connectivity index (χ0) is 17.6. The number of amides is 3. The van der Waals surface area contributed by atoms with Crippen LogP contribution >= 0.6 is 0 Å². The minimum absolute atomic E-state index is 0.0605. The third-order valence-corrected chi connectivity index (χ3v) is 4.84. The minimum Gasteiger partial charge on any atom is -0.354 e. The van der Waals surface area contributed by atoms with Gasteiger partial charge < -0.3 is 20.9 Å².